The number of nitrogens with zero attached hydrogens (tertiary/aromatic N) is 1. The molecule has 3 N–H and O–H groups in total. The van der Waals surface area contributed by atoms with Gasteiger partial charge in [0.15, 0.2) is 0 Å². The van der Waals surface area contributed by atoms with Crippen molar-refractivity contribution in [2.45, 2.75) is 26.2 Å². The van der Waals surface area contributed by atoms with Crippen LogP contribution >= 0.6 is 0 Å². The first kappa shape index (κ1) is 11.9. The van der Waals surface area contributed by atoms with E-state index >= 15 is 0 Å². The fourth-order valence-electron chi connectivity index (χ4n) is 0.913. The minimum Gasteiger partial charge on any atom is -0.370 e. The van der Waals surface area contributed by atoms with Crippen LogP contribution in [-0.2, 0) is 4.79 Å². The molecule has 0 aliphatic carbocycles. The third-order valence-corrected chi connectivity index (χ3v) is 1.70. The molecule has 0 radical (unpaired) electrons. The highest BCUT2D eigenvalue weighted by atomic mass is 16.1. The normalized spacial score (nSPS) is 12.0. The second kappa shape index (κ2) is 7.56. The van der Waals surface area contributed by atoms with Gasteiger partial charge in [-0.25, -0.2) is 0 Å². The van der Waals surface area contributed by atoms with Crippen molar-refractivity contribution in [1.29, 1.82) is 5.26 Å². The first-order chi connectivity index (χ1) is 6.16. The number of nitrogens with one attached hydrogen (secondary N) is 1. The van der Waals surface area contributed by atoms with Crippen LogP contribution in [0, 0.1) is 17.2 Å². The molecule has 4 nitrogen and oxygen atoms in total. The van der Waals surface area contributed by atoms with Gasteiger partial charge in [-0.2, -0.15) is 5.26 Å². The molecule has 0 rings (SSSR count). The van der Waals surface area contributed by atoms with Gasteiger partial charge in [0.2, 0.25) is 5.91 Å². The quantitative estimate of drug-likeness (QED) is 0.560. The van der Waals surface area contributed by atoms with E-state index < -0.39 is 0 Å². The Kier molecular flexibility index (Phi) is 6.93. The Morgan fingerprint density at radius 1 is 1.62 bits per heavy atom. The Morgan fingerprint density at radius 3 is 2.85 bits per heavy atom. The zero-order valence-corrected chi connectivity index (χ0v) is 8.05. The predicted molar refractivity (Wildman–Crippen MR) is 50.7 cm³/mol. The standard InChI is InChI=1S/C9H17N3O/c1-8(6-10)7-12-5-3-2-4-9(11)13/h8,12H,2-5,7H2,1H3,(H2,11,13). The van der Waals surface area contributed by atoms with E-state index in [4.69, 9.17) is 11.0 Å². The first-order valence-electron chi connectivity index (χ1n) is 4.55. The van der Waals surface area contributed by atoms with Crippen molar-refractivity contribution in [3.05, 3.63) is 0 Å². The summed E-state index contributed by atoms with van der Waals surface area (Å²) >= 11 is 0. The molecule has 1 atom stereocenters. The van der Waals surface area contributed by atoms with Crippen LogP contribution in [0.2, 0.25) is 0 Å². The molecule has 0 aromatic carbocycles. The van der Waals surface area contributed by atoms with Gasteiger partial charge in [0.25, 0.3) is 0 Å². The SMILES string of the molecule is CC(C#N)CNCCCCC(N)=O. The molecular formula is C9H17N3O. The van der Waals surface area contributed by atoms with Crippen molar-refractivity contribution in [3.63, 3.8) is 0 Å². The number of hydrogen-bond donors (Lipinski definition) is 2. The summed E-state index contributed by atoms with van der Waals surface area (Å²) in [6, 6.07) is 2.14. The van der Waals surface area contributed by atoms with Gasteiger partial charge in [-0.1, -0.05) is 0 Å². The van der Waals surface area contributed by atoms with Gasteiger partial charge in [-0.15, -0.1) is 0 Å². The molecule has 13 heavy (non-hydrogen) atoms. The summed E-state index contributed by atoms with van der Waals surface area (Å²) < 4.78 is 0. The zero-order valence-electron chi connectivity index (χ0n) is 8.05. The van der Waals surface area contributed by atoms with Gasteiger partial charge in [0, 0.05) is 13.0 Å². The molecular weight excluding hydrogens is 166 g/mol. The fraction of sp³-hybridized carbons (Fsp3) is 0.778. The van der Waals surface area contributed by atoms with Crippen LogP contribution in [0.5, 0.6) is 0 Å². The van der Waals surface area contributed by atoms with Crippen LogP contribution in [0.1, 0.15) is 26.2 Å². The van der Waals surface area contributed by atoms with Crippen molar-refractivity contribution in [2.75, 3.05) is 13.1 Å². The molecule has 0 fully saturated rings. The number of rotatable bonds is 7. The number of primary amides is 1. The Bertz CT molecular complexity index is 186. The third kappa shape index (κ3) is 8.83. The van der Waals surface area contributed by atoms with E-state index in [1.165, 1.54) is 0 Å². The van der Waals surface area contributed by atoms with Crippen LogP contribution in [0.4, 0.5) is 0 Å². The summed E-state index contributed by atoms with van der Waals surface area (Å²) in [6.45, 7) is 3.43. The number of amides is 1. The molecule has 0 heterocycles. The second-order valence-corrected chi connectivity index (χ2v) is 3.16. The largest absolute Gasteiger partial charge is 0.370 e. The number of carbonyl (C=O) groups is 1. The molecule has 0 saturated heterocycles. The second-order valence-electron chi connectivity index (χ2n) is 3.16. The van der Waals surface area contributed by atoms with Crippen LogP contribution in [0.15, 0.2) is 0 Å². The Balaban J connectivity index is 3.09. The lowest BCUT2D eigenvalue weighted by molar-refractivity contribution is -0.118. The molecule has 0 aliphatic heterocycles. The van der Waals surface area contributed by atoms with Gasteiger partial charge < -0.3 is 11.1 Å². The molecule has 0 aliphatic rings. The first-order valence-corrected chi connectivity index (χ1v) is 4.55. The fourth-order valence-corrected chi connectivity index (χ4v) is 0.913. The molecule has 0 aromatic rings. The van der Waals surface area contributed by atoms with E-state index in [0.717, 1.165) is 19.4 Å². The lowest BCUT2D eigenvalue weighted by Crippen LogP contribution is -2.21. The average Bonchev–Trinajstić information content (AvgIpc) is 2.10. The van der Waals surface area contributed by atoms with Crippen molar-refractivity contribution in [2.24, 2.45) is 11.7 Å². The molecule has 74 valence electrons. The van der Waals surface area contributed by atoms with Crippen LogP contribution in [0.3, 0.4) is 0 Å². The van der Waals surface area contributed by atoms with Crippen molar-refractivity contribution in [1.82, 2.24) is 5.32 Å². The van der Waals surface area contributed by atoms with Crippen molar-refractivity contribution < 1.29 is 4.79 Å². The van der Waals surface area contributed by atoms with Gasteiger partial charge in [0.1, 0.15) is 0 Å². The summed E-state index contributed by atoms with van der Waals surface area (Å²) in [5.74, 6) is -0.193. The molecule has 4 heteroatoms. The molecule has 0 saturated carbocycles. The molecule has 0 bridgehead atoms. The van der Waals surface area contributed by atoms with Crippen molar-refractivity contribution >= 4 is 5.91 Å². The van der Waals surface area contributed by atoms with Gasteiger partial charge >= 0.3 is 0 Å². The predicted octanol–water partition coefficient (Wildman–Crippen LogP) is 0.391. The highest BCUT2D eigenvalue weighted by Gasteiger charge is 1.98. The van der Waals surface area contributed by atoms with E-state index in [-0.39, 0.29) is 11.8 Å². The zero-order chi connectivity index (χ0) is 10.1. The van der Waals surface area contributed by atoms with Gasteiger partial charge in [0.05, 0.1) is 12.0 Å². The van der Waals surface area contributed by atoms with E-state index in [0.29, 0.717) is 13.0 Å². The third-order valence-electron chi connectivity index (χ3n) is 1.70. The number of hydrogen-bond acceptors (Lipinski definition) is 3. The van der Waals surface area contributed by atoms with Crippen molar-refractivity contribution in [3.8, 4) is 6.07 Å². The number of nitrogens with two attached hydrogens (primary N) is 1. The van der Waals surface area contributed by atoms with Gasteiger partial charge in [-0.3, -0.25) is 4.79 Å². The number of unbranched alkanes of at least 4 members (excludes halogenated alkanes) is 1. The molecule has 0 spiro atoms. The molecule has 1 unspecified atom stereocenters. The smallest absolute Gasteiger partial charge is 0.217 e. The Labute approximate surface area is 79.1 Å². The maximum atomic E-state index is 10.3. The topological polar surface area (TPSA) is 78.9 Å². The summed E-state index contributed by atoms with van der Waals surface area (Å²) in [7, 11) is 0. The minimum atomic E-state index is -0.245. The van der Waals surface area contributed by atoms with E-state index in [1.807, 2.05) is 6.92 Å². The van der Waals surface area contributed by atoms with E-state index in [1.54, 1.807) is 0 Å². The summed E-state index contributed by atoms with van der Waals surface area (Å²) in [5, 5.41) is 11.6. The van der Waals surface area contributed by atoms with E-state index in [2.05, 4.69) is 11.4 Å². The maximum absolute atomic E-state index is 10.3. The van der Waals surface area contributed by atoms with Crippen LogP contribution < -0.4 is 11.1 Å². The van der Waals surface area contributed by atoms with E-state index in [9.17, 15) is 4.79 Å². The summed E-state index contributed by atoms with van der Waals surface area (Å²) in [5.41, 5.74) is 4.97. The Hall–Kier alpha value is -1.08. The average molecular weight is 183 g/mol. The number of carbonyl (C=O) groups excluding carboxylic acids is 1. The summed E-state index contributed by atoms with van der Waals surface area (Å²) in [4.78, 5) is 10.3. The molecule has 1 amide bonds. The van der Waals surface area contributed by atoms with Crippen LogP contribution in [-0.4, -0.2) is 19.0 Å². The minimum absolute atomic E-state index is 0.0520. The van der Waals surface area contributed by atoms with Gasteiger partial charge in [-0.05, 0) is 26.3 Å². The summed E-state index contributed by atoms with van der Waals surface area (Å²) in [6.07, 6.45) is 2.21. The highest BCUT2D eigenvalue weighted by molar-refractivity contribution is 5.73. The monoisotopic (exact) mass is 183 g/mol. The Morgan fingerprint density at radius 2 is 2.31 bits per heavy atom. The highest BCUT2D eigenvalue weighted by Crippen LogP contribution is 1.93. The lowest BCUT2D eigenvalue weighted by atomic mass is 10.2. The van der Waals surface area contributed by atoms with Crippen LogP contribution in [0.25, 0.3) is 0 Å². The lowest BCUT2D eigenvalue weighted by Gasteiger charge is -2.04. The number of nitriles is 1. The maximum Gasteiger partial charge on any atom is 0.217 e. The molecule has 0 aromatic heterocycles.